The number of cyclic esters (lactones) is 1. The standard InChI is InChI=1S/C14H18O3/c1-13(2,3)14(4)16-11(12(15)17-14)10-8-6-5-7-9-10/h5-9,11H,1-4H3/t11-,14-/m1/s1. The van der Waals surface area contributed by atoms with Crippen molar-refractivity contribution in [3.8, 4) is 0 Å². The topological polar surface area (TPSA) is 35.5 Å². The van der Waals surface area contributed by atoms with E-state index in [1.165, 1.54) is 0 Å². The molecule has 1 aromatic rings. The Morgan fingerprint density at radius 2 is 1.76 bits per heavy atom. The van der Waals surface area contributed by atoms with Crippen LogP contribution in [0.3, 0.4) is 0 Å². The lowest BCUT2D eigenvalue weighted by Crippen LogP contribution is -2.41. The van der Waals surface area contributed by atoms with Crippen LogP contribution >= 0.6 is 0 Å². The Hall–Kier alpha value is -1.35. The third-order valence-electron chi connectivity index (χ3n) is 3.32. The summed E-state index contributed by atoms with van der Waals surface area (Å²) in [5.74, 6) is -1.18. The Morgan fingerprint density at radius 1 is 1.18 bits per heavy atom. The summed E-state index contributed by atoms with van der Waals surface area (Å²) in [5, 5.41) is 0. The Bertz CT molecular complexity index is 419. The smallest absolute Gasteiger partial charge is 0.342 e. The van der Waals surface area contributed by atoms with E-state index in [2.05, 4.69) is 0 Å². The van der Waals surface area contributed by atoms with Crippen molar-refractivity contribution < 1.29 is 14.3 Å². The van der Waals surface area contributed by atoms with E-state index >= 15 is 0 Å². The summed E-state index contributed by atoms with van der Waals surface area (Å²) in [4.78, 5) is 11.9. The minimum Gasteiger partial charge on any atom is -0.431 e. The first-order valence-electron chi connectivity index (χ1n) is 5.79. The SMILES string of the molecule is CC(C)(C)[C@@]1(C)OC(=O)[C@@H](c2ccccc2)O1. The Kier molecular flexibility index (Phi) is 2.74. The Morgan fingerprint density at radius 3 is 2.24 bits per heavy atom. The molecule has 0 saturated carbocycles. The van der Waals surface area contributed by atoms with E-state index in [1.54, 1.807) is 0 Å². The van der Waals surface area contributed by atoms with Crippen LogP contribution < -0.4 is 0 Å². The normalized spacial score (nSPS) is 29.2. The van der Waals surface area contributed by atoms with Gasteiger partial charge in [-0.25, -0.2) is 4.79 Å². The van der Waals surface area contributed by atoms with E-state index in [0.717, 1.165) is 5.56 Å². The number of ether oxygens (including phenoxy) is 2. The highest BCUT2D eigenvalue weighted by Crippen LogP contribution is 2.44. The predicted molar refractivity (Wildman–Crippen MR) is 64.2 cm³/mol. The maximum absolute atomic E-state index is 11.9. The summed E-state index contributed by atoms with van der Waals surface area (Å²) in [6, 6.07) is 9.44. The van der Waals surface area contributed by atoms with Crippen molar-refractivity contribution in [3.63, 3.8) is 0 Å². The Balaban J connectivity index is 2.28. The minimum atomic E-state index is -0.870. The third-order valence-corrected chi connectivity index (χ3v) is 3.32. The van der Waals surface area contributed by atoms with E-state index in [9.17, 15) is 4.79 Å². The van der Waals surface area contributed by atoms with Crippen LogP contribution in [0.25, 0.3) is 0 Å². The van der Waals surface area contributed by atoms with Crippen molar-refractivity contribution in [2.24, 2.45) is 5.41 Å². The van der Waals surface area contributed by atoms with Gasteiger partial charge < -0.3 is 9.47 Å². The minimum absolute atomic E-state index is 0.258. The molecule has 1 aliphatic rings. The van der Waals surface area contributed by atoms with Crippen LogP contribution in [0, 0.1) is 5.41 Å². The molecule has 1 fully saturated rings. The first kappa shape index (κ1) is 12.1. The molecular formula is C14H18O3. The number of rotatable bonds is 1. The number of carbonyl (C=O) groups excluding carboxylic acids is 1. The lowest BCUT2D eigenvalue weighted by atomic mass is 9.87. The van der Waals surface area contributed by atoms with E-state index in [-0.39, 0.29) is 11.4 Å². The fourth-order valence-electron chi connectivity index (χ4n) is 1.70. The van der Waals surface area contributed by atoms with Gasteiger partial charge in [0.15, 0.2) is 6.10 Å². The summed E-state index contributed by atoms with van der Waals surface area (Å²) in [6.45, 7) is 7.79. The maximum Gasteiger partial charge on any atom is 0.342 e. The van der Waals surface area contributed by atoms with Gasteiger partial charge in [0.05, 0.1) is 0 Å². The van der Waals surface area contributed by atoms with Gasteiger partial charge in [0, 0.05) is 12.3 Å². The maximum atomic E-state index is 11.9. The van der Waals surface area contributed by atoms with Crippen molar-refractivity contribution in [2.45, 2.75) is 39.6 Å². The molecule has 1 aliphatic heterocycles. The lowest BCUT2D eigenvalue weighted by molar-refractivity contribution is -0.218. The predicted octanol–water partition coefficient (Wildman–Crippen LogP) is 3.06. The molecule has 2 rings (SSSR count). The zero-order valence-electron chi connectivity index (χ0n) is 10.7. The van der Waals surface area contributed by atoms with E-state index in [1.807, 2.05) is 58.0 Å². The van der Waals surface area contributed by atoms with Gasteiger partial charge in [-0.1, -0.05) is 51.1 Å². The van der Waals surface area contributed by atoms with Gasteiger partial charge in [-0.3, -0.25) is 0 Å². The summed E-state index contributed by atoms with van der Waals surface area (Å²) in [7, 11) is 0. The zero-order valence-corrected chi connectivity index (χ0v) is 10.7. The van der Waals surface area contributed by atoms with E-state index in [0.29, 0.717) is 0 Å². The molecule has 17 heavy (non-hydrogen) atoms. The van der Waals surface area contributed by atoms with Gasteiger partial charge in [0.1, 0.15) is 0 Å². The van der Waals surface area contributed by atoms with Gasteiger partial charge >= 0.3 is 5.97 Å². The van der Waals surface area contributed by atoms with Crippen LogP contribution in [0.15, 0.2) is 30.3 Å². The number of carbonyl (C=O) groups is 1. The van der Waals surface area contributed by atoms with Gasteiger partial charge in [-0.15, -0.1) is 0 Å². The molecule has 92 valence electrons. The Labute approximate surface area is 102 Å². The zero-order chi connectivity index (χ0) is 12.7. The van der Waals surface area contributed by atoms with Crippen molar-refractivity contribution in [3.05, 3.63) is 35.9 Å². The molecule has 0 spiro atoms. The molecule has 0 bridgehead atoms. The quantitative estimate of drug-likeness (QED) is 0.700. The van der Waals surface area contributed by atoms with E-state index < -0.39 is 11.9 Å². The molecule has 1 aromatic carbocycles. The summed E-state index contributed by atoms with van der Waals surface area (Å²) in [6.07, 6.45) is -0.611. The van der Waals surface area contributed by atoms with Crippen LogP contribution in [0.1, 0.15) is 39.4 Å². The molecule has 3 heteroatoms. The second-order valence-corrected chi connectivity index (χ2v) is 5.53. The second-order valence-electron chi connectivity index (χ2n) is 5.53. The molecule has 0 amide bonds. The molecule has 0 radical (unpaired) electrons. The first-order chi connectivity index (χ1) is 7.83. The molecule has 3 nitrogen and oxygen atoms in total. The largest absolute Gasteiger partial charge is 0.431 e. The van der Waals surface area contributed by atoms with Crippen LogP contribution in [0.2, 0.25) is 0 Å². The van der Waals surface area contributed by atoms with Gasteiger partial charge in [-0.05, 0) is 5.56 Å². The van der Waals surface area contributed by atoms with Crippen molar-refractivity contribution in [1.82, 2.24) is 0 Å². The summed E-state index contributed by atoms with van der Waals surface area (Å²) in [5.41, 5.74) is 0.581. The van der Waals surface area contributed by atoms with E-state index in [4.69, 9.17) is 9.47 Å². The highest BCUT2D eigenvalue weighted by Gasteiger charge is 2.52. The average Bonchev–Trinajstić information content (AvgIpc) is 2.56. The average molecular weight is 234 g/mol. The van der Waals surface area contributed by atoms with Crippen molar-refractivity contribution in [1.29, 1.82) is 0 Å². The monoisotopic (exact) mass is 234 g/mol. The molecule has 1 heterocycles. The number of hydrogen-bond donors (Lipinski definition) is 0. The van der Waals surface area contributed by atoms with Crippen LogP contribution in [-0.2, 0) is 14.3 Å². The summed E-state index contributed by atoms with van der Waals surface area (Å²) < 4.78 is 11.3. The third kappa shape index (κ3) is 2.07. The lowest BCUT2D eigenvalue weighted by Gasteiger charge is -2.35. The molecule has 2 atom stereocenters. The number of esters is 1. The number of benzene rings is 1. The summed E-state index contributed by atoms with van der Waals surface area (Å²) >= 11 is 0. The first-order valence-corrected chi connectivity index (χ1v) is 5.79. The van der Waals surface area contributed by atoms with Gasteiger partial charge in [-0.2, -0.15) is 0 Å². The van der Waals surface area contributed by atoms with Crippen molar-refractivity contribution in [2.75, 3.05) is 0 Å². The molecule has 0 aromatic heterocycles. The van der Waals surface area contributed by atoms with Crippen LogP contribution in [-0.4, -0.2) is 11.8 Å². The molecular weight excluding hydrogens is 216 g/mol. The van der Waals surface area contributed by atoms with Gasteiger partial charge in [0.25, 0.3) is 0 Å². The second kappa shape index (κ2) is 3.84. The highest BCUT2D eigenvalue weighted by molar-refractivity contribution is 5.78. The van der Waals surface area contributed by atoms with Crippen LogP contribution in [0.4, 0.5) is 0 Å². The molecule has 1 saturated heterocycles. The highest BCUT2D eigenvalue weighted by atomic mass is 16.8. The fraction of sp³-hybridized carbons (Fsp3) is 0.500. The van der Waals surface area contributed by atoms with Crippen molar-refractivity contribution >= 4 is 5.97 Å². The molecule has 0 N–H and O–H groups in total. The fourth-order valence-corrected chi connectivity index (χ4v) is 1.70. The number of hydrogen-bond acceptors (Lipinski definition) is 3. The molecule has 0 unspecified atom stereocenters. The molecule has 0 aliphatic carbocycles. The van der Waals surface area contributed by atoms with Gasteiger partial charge in [0.2, 0.25) is 5.79 Å². The van der Waals surface area contributed by atoms with Crippen LogP contribution in [0.5, 0.6) is 0 Å².